The molecule has 2 unspecified atom stereocenters. The van der Waals surface area contributed by atoms with Gasteiger partial charge in [0.2, 0.25) is 5.96 Å². The lowest BCUT2D eigenvalue weighted by atomic mass is 10.1. The Morgan fingerprint density at radius 3 is 2.32 bits per heavy atom. The summed E-state index contributed by atoms with van der Waals surface area (Å²) in [5.74, 6) is 6.38. The van der Waals surface area contributed by atoms with E-state index >= 15 is 0 Å². The van der Waals surface area contributed by atoms with Crippen molar-refractivity contribution in [3.05, 3.63) is 30.3 Å². The summed E-state index contributed by atoms with van der Waals surface area (Å²) in [7, 11) is 2.16. The zero-order chi connectivity index (χ0) is 13.8. The summed E-state index contributed by atoms with van der Waals surface area (Å²) >= 11 is 0. The number of hydrogen-bond donors (Lipinski definition) is 2. The standard InChI is InChI=1S/C14H23N5/c1-11-9-19(10-12(2)18(11)3)14(17-15)16-13-7-5-4-6-8-13/h4-8,11-12H,9-10,15H2,1-3H3,(H,16,17). The largest absolute Gasteiger partial charge is 0.338 e. The fourth-order valence-electron chi connectivity index (χ4n) is 2.40. The monoisotopic (exact) mass is 261 g/mol. The van der Waals surface area contributed by atoms with Crippen LogP contribution in [0.2, 0.25) is 0 Å². The quantitative estimate of drug-likeness (QED) is 0.345. The number of aliphatic imine (C=N–C) groups is 1. The minimum atomic E-state index is 0.484. The number of nitrogens with zero attached hydrogens (tertiary/aromatic N) is 3. The lowest BCUT2D eigenvalue weighted by Crippen LogP contribution is -2.59. The Morgan fingerprint density at radius 1 is 1.21 bits per heavy atom. The Labute approximate surface area is 115 Å². The number of hydrogen-bond acceptors (Lipinski definition) is 3. The van der Waals surface area contributed by atoms with Crippen molar-refractivity contribution >= 4 is 11.6 Å². The highest BCUT2D eigenvalue weighted by molar-refractivity contribution is 5.82. The Bertz CT molecular complexity index is 419. The van der Waals surface area contributed by atoms with Crippen LogP contribution in [0.25, 0.3) is 0 Å². The number of rotatable bonds is 1. The highest BCUT2D eigenvalue weighted by Gasteiger charge is 2.28. The van der Waals surface area contributed by atoms with Crippen LogP contribution in [0.1, 0.15) is 13.8 Å². The number of piperazine rings is 1. The zero-order valence-electron chi connectivity index (χ0n) is 11.9. The van der Waals surface area contributed by atoms with Crippen molar-refractivity contribution in [2.75, 3.05) is 20.1 Å². The van der Waals surface area contributed by atoms with Gasteiger partial charge in [-0.25, -0.2) is 10.8 Å². The fourth-order valence-corrected chi connectivity index (χ4v) is 2.40. The number of nitrogens with two attached hydrogens (primary N) is 1. The van der Waals surface area contributed by atoms with Gasteiger partial charge in [0.25, 0.3) is 0 Å². The van der Waals surface area contributed by atoms with Gasteiger partial charge in [0.15, 0.2) is 0 Å². The van der Waals surface area contributed by atoms with Crippen molar-refractivity contribution < 1.29 is 0 Å². The molecular weight excluding hydrogens is 238 g/mol. The molecule has 0 spiro atoms. The molecule has 3 N–H and O–H groups in total. The first-order chi connectivity index (χ1) is 9.11. The van der Waals surface area contributed by atoms with E-state index in [0.29, 0.717) is 12.1 Å². The molecule has 5 heteroatoms. The summed E-state index contributed by atoms with van der Waals surface area (Å²) in [6, 6.07) is 10.8. The second kappa shape index (κ2) is 6.04. The van der Waals surface area contributed by atoms with Crippen molar-refractivity contribution in [1.82, 2.24) is 15.2 Å². The molecule has 1 aromatic carbocycles. The highest BCUT2D eigenvalue weighted by atomic mass is 15.4. The maximum Gasteiger partial charge on any atom is 0.213 e. The van der Waals surface area contributed by atoms with E-state index < -0.39 is 0 Å². The number of likely N-dealkylation sites (N-methyl/N-ethyl adjacent to an activating group) is 1. The summed E-state index contributed by atoms with van der Waals surface area (Å²) in [4.78, 5) is 9.18. The lowest BCUT2D eigenvalue weighted by molar-refractivity contribution is 0.0969. The predicted octanol–water partition coefficient (Wildman–Crippen LogP) is 1.16. The molecule has 1 aliphatic heterocycles. The highest BCUT2D eigenvalue weighted by Crippen LogP contribution is 2.16. The average Bonchev–Trinajstić information content (AvgIpc) is 2.42. The molecule has 0 amide bonds. The molecule has 19 heavy (non-hydrogen) atoms. The molecule has 2 rings (SSSR count). The van der Waals surface area contributed by atoms with Crippen LogP contribution in [0, 0.1) is 0 Å². The second-order valence-electron chi connectivity index (χ2n) is 5.18. The van der Waals surface area contributed by atoms with Crippen LogP contribution in [0.15, 0.2) is 35.3 Å². The maximum absolute atomic E-state index is 5.64. The van der Waals surface area contributed by atoms with Crippen LogP contribution in [-0.2, 0) is 0 Å². The average molecular weight is 261 g/mol. The number of guanidine groups is 1. The minimum Gasteiger partial charge on any atom is -0.338 e. The van der Waals surface area contributed by atoms with E-state index in [1.54, 1.807) is 0 Å². The molecule has 0 radical (unpaired) electrons. The van der Waals surface area contributed by atoms with Crippen LogP contribution in [0.4, 0.5) is 5.69 Å². The first-order valence-corrected chi connectivity index (χ1v) is 6.69. The van der Waals surface area contributed by atoms with Gasteiger partial charge in [-0.2, -0.15) is 0 Å². The normalized spacial score (nSPS) is 25.5. The van der Waals surface area contributed by atoms with Gasteiger partial charge in [0, 0.05) is 25.2 Å². The van der Waals surface area contributed by atoms with Crippen molar-refractivity contribution in [1.29, 1.82) is 0 Å². The van der Waals surface area contributed by atoms with Gasteiger partial charge in [-0.1, -0.05) is 18.2 Å². The molecule has 1 aromatic rings. The minimum absolute atomic E-state index is 0.484. The van der Waals surface area contributed by atoms with Gasteiger partial charge in [0.05, 0.1) is 5.69 Å². The molecule has 5 nitrogen and oxygen atoms in total. The third-order valence-corrected chi connectivity index (χ3v) is 3.78. The zero-order valence-corrected chi connectivity index (χ0v) is 11.9. The van der Waals surface area contributed by atoms with Crippen molar-refractivity contribution in [3.63, 3.8) is 0 Å². The summed E-state index contributed by atoms with van der Waals surface area (Å²) in [6.45, 7) is 6.30. The van der Waals surface area contributed by atoms with E-state index in [2.05, 4.69) is 41.1 Å². The molecule has 0 saturated carbocycles. The van der Waals surface area contributed by atoms with Crippen LogP contribution in [0.3, 0.4) is 0 Å². The maximum atomic E-state index is 5.64. The van der Waals surface area contributed by atoms with Crippen LogP contribution in [0.5, 0.6) is 0 Å². The molecular formula is C14H23N5. The van der Waals surface area contributed by atoms with E-state index in [0.717, 1.165) is 24.7 Å². The molecule has 0 aliphatic carbocycles. The predicted molar refractivity (Wildman–Crippen MR) is 79.1 cm³/mol. The smallest absolute Gasteiger partial charge is 0.213 e. The Hall–Kier alpha value is -1.59. The first kappa shape index (κ1) is 13.8. The number of hydrazine groups is 1. The molecule has 0 bridgehead atoms. The van der Waals surface area contributed by atoms with Crippen LogP contribution >= 0.6 is 0 Å². The number of nitrogens with one attached hydrogen (secondary N) is 1. The molecule has 0 aromatic heterocycles. The van der Waals surface area contributed by atoms with Crippen molar-refractivity contribution in [2.45, 2.75) is 25.9 Å². The van der Waals surface area contributed by atoms with E-state index in [1.165, 1.54) is 0 Å². The van der Waals surface area contributed by atoms with E-state index in [9.17, 15) is 0 Å². The Kier molecular flexibility index (Phi) is 4.39. The molecule has 2 atom stereocenters. The van der Waals surface area contributed by atoms with Gasteiger partial charge < -0.3 is 4.90 Å². The summed E-state index contributed by atoms with van der Waals surface area (Å²) in [5, 5.41) is 0. The summed E-state index contributed by atoms with van der Waals surface area (Å²) < 4.78 is 0. The molecule has 1 aliphatic rings. The van der Waals surface area contributed by atoms with Gasteiger partial charge in [-0.15, -0.1) is 0 Å². The van der Waals surface area contributed by atoms with E-state index in [-0.39, 0.29) is 0 Å². The number of para-hydroxylation sites is 1. The lowest BCUT2D eigenvalue weighted by Gasteiger charge is -2.43. The van der Waals surface area contributed by atoms with Crippen LogP contribution < -0.4 is 11.3 Å². The third kappa shape index (κ3) is 3.24. The van der Waals surface area contributed by atoms with Gasteiger partial charge in [-0.3, -0.25) is 10.3 Å². The van der Waals surface area contributed by atoms with Crippen molar-refractivity contribution in [3.8, 4) is 0 Å². The SMILES string of the molecule is CC1CN(C(=Nc2ccccc2)NN)CC(C)N1C. The summed E-state index contributed by atoms with van der Waals surface area (Å²) in [6.07, 6.45) is 0. The van der Waals surface area contributed by atoms with Crippen LogP contribution in [-0.4, -0.2) is 48.0 Å². The molecule has 1 fully saturated rings. The van der Waals surface area contributed by atoms with Gasteiger partial charge in [0.1, 0.15) is 0 Å². The second-order valence-corrected chi connectivity index (χ2v) is 5.18. The van der Waals surface area contributed by atoms with E-state index in [4.69, 9.17) is 5.84 Å². The van der Waals surface area contributed by atoms with Gasteiger partial charge in [-0.05, 0) is 33.0 Å². The Morgan fingerprint density at radius 2 is 1.79 bits per heavy atom. The van der Waals surface area contributed by atoms with Crippen molar-refractivity contribution in [2.24, 2.45) is 10.8 Å². The topological polar surface area (TPSA) is 56.9 Å². The molecule has 104 valence electrons. The molecule has 1 saturated heterocycles. The Balaban J connectivity index is 2.16. The number of benzene rings is 1. The summed E-state index contributed by atoms with van der Waals surface area (Å²) in [5.41, 5.74) is 3.65. The van der Waals surface area contributed by atoms with Gasteiger partial charge >= 0.3 is 0 Å². The third-order valence-electron chi connectivity index (χ3n) is 3.78. The fraction of sp³-hybridized carbons (Fsp3) is 0.500. The molecule has 1 heterocycles. The van der Waals surface area contributed by atoms with E-state index in [1.807, 2.05) is 30.3 Å². The first-order valence-electron chi connectivity index (χ1n) is 6.69.